The van der Waals surface area contributed by atoms with Crippen LogP contribution < -0.4 is 0 Å². The molecule has 0 saturated heterocycles. The van der Waals surface area contributed by atoms with Crippen LogP contribution in [0.15, 0.2) is 40.9 Å². The second kappa shape index (κ2) is 4.39. The van der Waals surface area contributed by atoms with Crippen LogP contribution in [0, 0.1) is 0 Å². The first-order chi connectivity index (χ1) is 7.75. The first-order valence-corrected chi connectivity index (χ1v) is 4.56. The number of rotatable bonds is 3. The van der Waals surface area contributed by atoms with Gasteiger partial charge in [-0.25, -0.2) is 4.79 Å². The summed E-state index contributed by atoms with van der Waals surface area (Å²) in [6.07, 6.45) is 2.20. The number of carboxylic acids is 1. The van der Waals surface area contributed by atoms with Gasteiger partial charge in [0.15, 0.2) is 0 Å². The number of hydrogen-bond donors (Lipinski definition) is 1. The van der Waals surface area contributed by atoms with E-state index < -0.39 is 5.97 Å². The zero-order chi connectivity index (χ0) is 11.4. The lowest BCUT2D eigenvalue weighted by molar-refractivity contribution is -0.131. The van der Waals surface area contributed by atoms with Crippen molar-refractivity contribution < 1.29 is 14.4 Å². The van der Waals surface area contributed by atoms with Crippen LogP contribution in [0.5, 0.6) is 0 Å². The van der Waals surface area contributed by atoms with Gasteiger partial charge >= 0.3 is 5.97 Å². The lowest BCUT2D eigenvalue weighted by Crippen LogP contribution is -1.85. The molecule has 0 bridgehead atoms. The average molecular weight is 216 g/mol. The number of aliphatic carboxylic acids is 1. The molecular weight excluding hydrogens is 208 g/mol. The summed E-state index contributed by atoms with van der Waals surface area (Å²) in [6.45, 7) is 0. The third-order valence-electron chi connectivity index (χ3n) is 1.84. The van der Waals surface area contributed by atoms with Gasteiger partial charge in [-0.15, -0.1) is 0 Å². The van der Waals surface area contributed by atoms with Crippen LogP contribution in [0.1, 0.15) is 5.89 Å². The molecule has 1 aromatic heterocycles. The van der Waals surface area contributed by atoms with E-state index in [1.165, 1.54) is 6.08 Å². The third kappa shape index (κ3) is 2.33. The van der Waals surface area contributed by atoms with Crippen LogP contribution in [-0.4, -0.2) is 21.2 Å². The number of carboxylic acid groups (broad SMARTS) is 1. The first-order valence-electron chi connectivity index (χ1n) is 4.56. The lowest BCUT2D eigenvalue weighted by atomic mass is 10.2. The summed E-state index contributed by atoms with van der Waals surface area (Å²) in [5.74, 6) is -0.452. The summed E-state index contributed by atoms with van der Waals surface area (Å²) >= 11 is 0. The van der Waals surface area contributed by atoms with Crippen molar-refractivity contribution in [3.05, 3.63) is 42.3 Å². The smallest absolute Gasteiger partial charge is 0.328 e. The Labute approximate surface area is 91.0 Å². The van der Waals surface area contributed by atoms with Crippen LogP contribution >= 0.6 is 0 Å². The second-order valence-electron chi connectivity index (χ2n) is 2.99. The van der Waals surface area contributed by atoms with Gasteiger partial charge in [0.25, 0.3) is 5.89 Å². The minimum absolute atomic E-state index is 0.168. The molecule has 0 aliphatic heterocycles. The molecule has 2 aromatic rings. The average Bonchev–Trinajstić information content (AvgIpc) is 2.76. The molecule has 80 valence electrons. The minimum atomic E-state index is -1.06. The number of nitrogens with zero attached hydrogens (tertiary/aromatic N) is 2. The molecular formula is C11H8N2O3. The maximum absolute atomic E-state index is 10.3. The fourth-order valence-electron chi connectivity index (χ4n) is 1.15. The topological polar surface area (TPSA) is 76.2 Å². The third-order valence-corrected chi connectivity index (χ3v) is 1.84. The van der Waals surface area contributed by atoms with E-state index in [1.807, 2.05) is 30.3 Å². The number of aromatic nitrogens is 2. The Balaban J connectivity index is 2.23. The molecule has 0 saturated carbocycles. The van der Waals surface area contributed by atoms with E-state index in [0.29, 0.717) is 5.82 Å². The normalized spacial score (nSPS) is 10.8. The summed E-state index contributed by atoms with van der Waals surface area (Å²) in [4.78, 5) is 14.3. The molecule has 0 atom stereocenters. The Kier molecular flexibility index (Phi) is 2.77. The van der Waals surface area contributed by atoms with E-state index in [1.54, 1.807) is 0 Å². The highest BCUT2D eigenvalue weighted by molar-refractivity contribution is 5.84. The van der Waals surface area contributed by atoms with E-state index in [4.69, 9.17) is 9.63 Å². The lowest BCUT2D eigenvalue weighted by Gasteiger charge is -1.89. The predicted octanol–water partition coefficient (Wildman–Crippen LogP) is 1.83. The number of hydrogen-bond acceptors (Lipinski definition) is 4. The highest BCUT2D eigenvalue weighted by Crippen LogP contribution is 2.14. The molecule has 1 heterocycles. The van der Waals surface area contributed by atoms with Crippen molar-refractivity contribution in [2.45, 2.75) is 0 Å². The largest absolute Gasteiger partial charge is 0.478 e. The van der Waals surface area contributed by atoms with Gasteiger partial charge in [0.1, 0.15) is 0 Å². The van der Waals surface area contributed by atoms with Crippen molar-refractivity contribution >= 4 is 12.0 Å². The van der Waals surface area contributed by atoms with Gasteiger partial charge in [-0.2, -0.15) is 4.98 Å². The molecule has 1 aromatic carbocycles. The Bertz CT molecular complexity index is 517. The van der Waals surface area contributed by atoms with Gasteiger partial charge in [0.05, 0.1) is 0 Å². The van der Waals surface area contributed by atoms with E-state index in [-0.39, 0.29) is 5.89 Å². The Morgan fingerprint density at radius 3 is 2.75 bits per heavy atom. The molecule has 0 aliphatic carbocycles. The molecule has 0 radical (unpaired) electrons. The van der Waals surface area contributed by atoms with E-state index in [9.17, 15) is 4.79 Å². The highest BCUT2D eigenvalue weighted by atomic mass is 16.5. The molecule has 0 unspecified atom stereocenters. The SMILES string of the molecule is O=C(O)/C=C\c1nc(-c2ccccc2)no1. The van der Waals surface area contributed by atoms with Gasteiger partial charge in [0.2, 0.25) is 5.82 Å². The maximum atomic E-state index is 10.3. The molecule has 0 spiro atoms. The van der Waals surface area contributed by atoms with Crippen molar-refractivity contribution in [3.63, 3.8) is 0 Å². The van der Waals surface area contributed by atoms with Crippen molar-refractivity contribution in [2.24, 2.45) is 0 Å². The van der Waals surface area contributed by atoms with Crippen molar-refractivity contribution in [3.8, 4) is 11.4 Å². The standard InChI is InChI=1S/C11H8N2O3/c14-10(15)7-6-9-12-11(13-16-9)8-4-2-1-3-5-8/h1-7H,(H,14,15)/b7-6-. The Hall–Kier alpha value is -2.43. The van der Waals surface area contributed by atoms with Gasteiger partial charge in [-0.05, 0) is 0 Å². The van der Waals surface area contributed by atoms with E-state index in [2.05, 4.69) is 10.1 Å². The molecule has 16 heavy (non-hydrogen) atoms. The molecule has 0 aliphatic rings. The van der Waals surface area contributed by atoms with Gasteiger partial charge < -0.3 is 9.63 Å². The van der Waals surface area contributed by atoms with Crippen LogP contribution in [0.4, 0.5) is 0 Å². The van der Waals surface area contributed by atoms with Crippen LogP contribution in [0.25, 0.3) is 17.5 Å². The van der Waals surface area contributed by atoms with Crippen molar-refractivity contribution in [2.75, 3.05) is 0 Å². The zero-order valence-electron chi connectivity index (χ0n) is 8.20. The second-order valence-corrected chi connectivity index (χ2v) is 2.99. The van der Waals surface area contributed by atoms with Crippen molar-refractivity contribution in [1.82, 2.24) is 10.1 Å². The summed E-state index contributed by atoms with van der Waals surface area (Å²) in [6, 6.07) is 9.29. The molecule has 1 N–H and O–H groups in total. The molecule has 5 heteroatoms. The summed E-state index contributed by atoms with van der Waals surface area (Å²) < 4.78 is 4.86. The van der Waals surface area contributed by atoms with Gasteiger partial charge in [-0.1, -0.05) is 35.5 Å². The number of benzene rings is 1. The Morgan fingerprint density at radius 1 is 1.31 bits per heavy atom. The van der Waals surface area contributed by atoms with Crippen molar-refractivity contribution in [1.29, 1.82) is 0 Å². The maximum Gasteiger partial charge on any atom is 0.328 e. The first kappa shape index (κ1) is 10.1. The van der Waals surface area contributed by atoms with Gasteiger partial charge in [0, 0.05) is 17.7 Å². The van der Waals surface area contributed by atoms with Gasteiger partial charge in [-0.3, -0.25) is 0 Å². The fraction of sp³-hybridized carbons (Fsp3) is 0. The predicted molar refractivity (Wildman–Crippen MR) is 56.4 cm³/mol. The molecule has 2 rings (SSSR count). The van der Waals surface area contributed by atoms with E-state index in [0.717, 1.165) is 11.6 Å². The van der Waals surface area contributed by atoms with E-state index >= 15 is 0 Å². The Morgan fingerprint density at radius 2 is 2.06 bits per heavy atom. The minimum Gasteiger partial charge on any atom is -0.478 e. The summed E-state index contributed by atoms with van der Waals surface area (Å²) in [7, 11) is 0. The zero-order valence-corrected chi connectivity index (χ0v) is 8.20. The number of carbonyl (C=O) groups is 1. The highest BCUT2D eigenvalue weighted by Gasteiger charge is 2.05. The quantitative estimate of drug-likeness (QED) is 0.792. The fourth-order valence-corrected chi connectivity index (χ4v) is 1.15. The molecule has 0 amide bonds. The van der Waals surface area contributed by atoms with Crippen LogP contribution in [0.2, 0.25) is 0 Å². The molecule has 0 fully saturated rings. The van der Waals surface area contributed by atoms with Crippen LogP contribution in [-0.2, 0) is 4.79 Å². The van der Waals surface area contributed by atoms with Crippen LogP contribution in [0.3, 0.4) is 0 Å². The summed E-state index contributed by atoms with van der Waals surface area (Å²) in [5, 5.41) is 12.2. The molecule has 5 nitrogen and oxygen atoms in total. The summed E-state index contributed by atoms with van der Waals surface area (Å²) in [5.41, 5.74) is 0.821. The monoisotopic (exact) mass is 216 g/mol.